The van der Waals surface area contributed by atoms with E-state index in [1.54, 1.807) is 23.6 Å². The first-order valence-corrected chi connectivity index (χ1v) is 7.04. The monoisotopic (exact) mass is 258 g/mol. The summed E-state index contributed by atoms with van der Waals surface area (Å²) in [5, 5.41) is 4.20. The van der Waals surface area contributed by atoms with Gasteiger partial charge in [-0.25, -0.2) is 0 Å². The van der Waals surface area contributed by atoms with Crippen molar-refractivity contribution in [3.63, 3.8) is 0 Å². The van der Waals surface area contributed by atoms with Gasteiger partial charge in [-0.2, -0.15) is 11.3 Å². The van der Waals surface area contributed by atoms with Crippen LogP contribution in [0, 0.1) is 0 Å². The molecular weight excluding hydrogens is 244 g/mol. The number of rotatable bonds is 2. The molecule has 1 atom stereocenters. The first kappa shape index (κ1) is 11.4. The fraction of sp³-hybridized carbons (Fsp3) is 0.286. The van der Waals surface area contributed by atoms with E-state index >= 15 is 0 Å². The lowest BCUT2D eigenvalue weighted by molar-refractivity contribution is 0.0730. The quantitative estimate of drug-likeness (QED) is 0.829. The molecule has 0 radical (unpaired) electrons. The van der Waals surface area contributed by atoms with Crippen LogP contribution in [0.5, 0.6) is 0 Å². The van der Waals surface area contributed by atoms with Gasteiger partial charge in [-0.15, -0.1) is 0 Å². The summed E-state index contributed by atoms with van der Waals surface area (Å²) >= 11 is 1.68. The number of amides is 1. The van der Waals surface area contributed by atoms with Gasteiger partial charge in [0.2, 0.25) is 0 Å². The van der Waals surface area contributed by atoms with Gasteiger partial charge < -0.3 is 4.90 Å². The molecule has 1 fully saturated rings. The highest BCUT2D eigenvalue weighted by Crippen LogP contribution is 2.33. The maximum Gasteiger partial charge on any atom is 0.272 e. The fourth-order valence-corrected chi connectivity index (χ4v) is 3.16. The van der Waals surface area contributed by atoms with Crippen LogP contribution in [0.4, 0.5) is 0 Å². The van der Waals surface area contributed by atoms with E-state index in [9.17, 15) is 4.79 Å². The van der Waals surface area contributed by atoms with Crippen LogP contribution >= 0.6 is 11.3 Å². The topological polar surface area (TPSA) is 33.2 Å². The van der Waals surface area contributed by atoms with Crippen molar-refractivity contribution >= 4 is 17.2 Å². The first-order chi connectivity index (χ1) is 8.86. The van der Waals surface area contributed by atoms with Crippen molar-refractivity contribution in [3.8, 4) is 0 Å². The Hall–Kier alpha value is -1.68. The van der Waals surface area contributed by atoms with Crippen molar-refractivity contribution in [3.05, 3.63) is 52.5 Å². The van der Waals surface area contributed by atoms with Crippen LogP contribution in [0.1, 0.15) is 34.9 Å². The number of hydrogen-bond donors (Lipinski definition) is 0. The van der Waals surface area contributed by atoms with Crippen LogP contribution in [0.3, 0.4) is 0 Å². The second-order valence-electron chi connectivity index (χ2n) is 4.43. The Morgan fingerprint density at radius 3 is 3.06 bits per heavy atom. The molecule has 0 aliphatic carbocycles. The predicted molar refractivity (Wildman–Crippen MR) is 71.6 cm³/mol. The molecule has 1 aliphatic heterocycles. The predicted octanol–water partition coefficient (Wildman–Crippen LogP) is 3.12. The zero-order chi connectivity index (χ0) is 12.4. The molecule has 92 valence electrons. The highest BCUT2D eigenvalue weighted by molar-refractivity contribution is 7.07. The average molecular weight is 258 g/mol. The molecule has 1 amide bonds. The minimum absolute atomic E-state index is 0.0456. The Morgan fingerprint density at radius 1 is 1.39 bits per heavy atom. The summed E-state index contributed by atoms with van der Waals surface area (Å²) in [5.41, 5.74) is 1.79. The third-order valence-electron chi connectivity index (χ3n) is 3.33. The van der Waals surface area contributed by atoms with E-state index in [0.717, 1.165) is 19.4 Å². The molecule has 0 aromatic carbocycles. The smallest absolute Gasteiger partial charge is 0.272 e. The molecule has 2 aromatic rings. The number of nitrogens with zero attached hydrogens (tertiary/aromatic N) is 2. The summed E-state index contributed by atoms with van der Waals surface area (Å²) in [6, 6.07) is 7.81. The molecule has 0 N–H and O–H groups in total. The van der Waals surface area contributed by atoms with Gasteiger partial charge in [-0.1, -0.05) is 6.07 Å². The number of likely N-dealkylation sites (tertiary alicyclic amines) is 1. The summed E-state index contributed by atoms with van der Waals surface area (Å²) < 4.78 is 0. The van der Waals surface area contributed by atoms with Gasteiger partial charge in [0.05, 0.1) is 6.04 Å². The number of pyridine rings is 1. The number of carbonyl (C=O) groups is 1. The molecule has 3 rings (SSSR count). The Kier molecular flexibility index (Phi) is 3.11. The summed E-state index contributed by atoms with van der Waals surface area (Å²) in [6.45, 7) is 0.829. The molecule has 3 heterocycles. The number of thiophene rings is 1. The fourth-order valence-electron chi connectivity index (χ4n) is 2.46. The van der Waals surface area contributed by atoms with Crippen LogP contribution in [0.15, 0.2) is 41.2 Å². The molecular formula is C14H14N2OS. The Bertz CT molecular complexity index is 524. The van der Waals surface area contributed by atoms with Gasteiger partial charge >= 0.3 is 0 Å². The van der Waals surface area contributed by atoms with Gasteiger partial charge in [-0.3, -0.25) is 9.78 Å². The maximum atomic E-state index is 12.4. The standard InChI is InChI=1S/C14H14N2OS/c17-14(12-4-1-2-7-15-12)16-8-3-5-13(16)11-6-9-18-10-11/h1-2,4,6-7,9-10,13H,3,5,8H2/t13-/m0/s1. The Morgan fingerprint density at radius 2 is 2.33 bits per heavy atom. The van der Waals surface area contributed by atoms with Gasteiger partial charge in [-0.05, 0) is 47.4 Å². The van der Waals surface area contributed by atoms with Crippen molar-refractivity contribution in [2.45, 2.75) is 18.9 Å². The minimum Gasteiger partial charge on any atom is -0.330 e. The first-order valence-electron chi connectivity index (χ1n) is 6.10. The van der Waals surface area contributed by atoms with Crippen molar-refractivity contribution in [1.29, 1.82) is 0 Å². The Labute approximate surface area is 110 Å². The number of carbonyl (C=O) groups excluding carboxylic acids is 1. The van der Waals surface area contributed by atoms with Crippen LogP contribution in [0.2, 0.25) is 0 Å². The summed E-state index contributed by atoms with van der Waals surface area (Å²) in [4.78, 5) is 18.5. The molecule has 0 spiro atoms. The maximum absolute atomic E-state index is 12.4. The third kappa shape index (κ3) is 2.04. The SMILES string of the molecule is O=C(c1ccccn1)N1CCC[C@H]1c1ccsc1. The zero-order valence-corrected chi connectivity index (χ0v) is 10.8. The molecule has 3 nitrogen and oxygen atoms in total. The van der Waals surface area contributed by atoms with Crippen LogP contribution < -0.4 is 0 Å². The molecule has 4 heteroatoms. The summed E-state index contributed by atoms with van der Waals surface area (Å²) in [5.74, 6) is 0.0456. The van der Waals surface area contributed by atoms with E-state index in [1.807, 2.05) is 17.0 Å². The minimum atomic E-state index is 0.0456. The third-order valence-corrected chi connectivity index (χ3v) is 4.03. The second kappa shape index (κ2) is 4.90. The largest absolute Gasteiger partial charge is 0.330 e. The molecule has 0 unspecified atom stereocenters. The lowest BCUT2D eigenvalue weighted by Gasteiger charge is -2.23. The highest BCUT2D eigenvalue weighted by atomic mass is 32.1. The van der Waals surface area contributed by atoms with E-state index in [0.29, 0.717) is 5.69 Å². The highest BCUT2D eigenvalue weighted by Gasteiger charge is 2.31. The number of aromatic nitrogens is 1. The molecule has 1 aliphatic rings. The summed E-state index contributed by atoms with van der Waals surface area (Å²) in [7, 11) is 0. The second-order valence-corrected chi connectivity index (χ2v) is 5.21. The lowest BCUT2D eigenvalue weighted by Crippen LogP contribution is -2.30. The van der Waals surface area contributed by atoms with Crippen LogP contribution in [-0.4, -0.2) is 22.3 Å². The van der Waals surface area contributed by atoms with E-state index in [2.05, 4.69) is 21.8 Å². The lowest BCUT2D eigenvalue weighted by atomic mass is 10.1. The van der Waals surface area contributed by atoms with E-state index in [4.69, 9.17) is 0 Å². The van der Waals surface area contributed by atoms with Crippen molar-refractivity contribution in [2.24, 2.45) is 0 Å². The zero-order valence-electron chi connectivity index (χ0n) is 9.95. The van der Waals surface area contributed by atoms with Gasteiger partial charge in [0.1, 0.15) is 5.69 Å². The molecule has 0 bridgehead atoms. The van der Waals surface area contributed by atoms with Gasteiger partial charge in [0, 0.05) is 12.7 Å². The van der Waals surface area contributed by atoms with Crippen LogP contribution in [0.25, 0.3) is 0 Å². The van der Waals surface area contributed by atoms with Gasteiger partial charge in [0.15, 0.2) is 0 Å². The van der Waals surface area contributed by atoms with Crippen molar-refractivity contribution < 1.29 is 4.79 Å². The normalized spacial score (nSPS) is 19.1. The Balaban J connectivity index is 1.85. The van der Waals surface area contributed by atoms with E-state index < -0.39 is 0 Å². The molecule has 18 heavy (non-hydrogen) atoms. The van der Waals surface area contributed by atoms with Gasteiger partial charge in [0.25, 0.3) is 5.91 Å². The van der Waals surface area contributed by atoms with E-state index in [-0.39, 0.29) is 11.9 Å². The van der Waals surface area contributed by atoms with Crippen molar-refractivity contribution in [2.75, 3.05) is 6.54 Å². The van der Waals surface area contributed by atoms with E-state index in [1.165, 1.54) is 5.56 Å². The van der Waals surface area contributed by atoms with Crippen molar-refractivity contribution in [1.82, 2.24) is 9.88 Å². The van der Waals surface area contributed by atoms with Crippen LogP contribution in [-0.2, 0) is 0 Å². The number of hydrogen-bond acceptors (Lipinski definition) is 3. The summed E-state index contributed by atoms with van der Waals surface area (Å²) in [6.07, 6.45) is 3.79. The molecule has 2 aromatic heterocycles. The molecule has 0 saturated carbocycles. The molecule has 1 saturated heterocycles. The average Bonchev–Trinajstić information content (AvgIpc) is 3.09.